The van der Waals surface area contributed by atoms with E-state index in [9.17, 15) is 24.8 Å². The van der Waals surface area contributed by atoms with Crippen molar-refractivity contribution in [2.45, 2.75) is 13.1 Å². The molecule has 0 aliphatic carbocycles. The van der Waals surface area contributed by atoms with Crippen LogP contribution in [0, 0.1) is 11.3 Å². The molecule has 0 spiro atoms. The van der Waals surface area contributed by atoms with Crippen LogP contribution in [0.5, 0.6) is 0 Å². The van der Waals surface area contributed by atoms with Crippen molar-refractivity contribution in [3.8, 4) is 26.3 Å². The Morgan fingerprint density at radius 3 is 2.16 bits per heavy atom. The molecule has 51 heavy (non-hydrogen) atoms. The van der Waals surface area contributed by atoms with Crippen LogP contribution in [0.1, 0.15) is 26.4 Å². The molecule has 8 nitrogen and oxygen atoms in total. The number of aromatic nitrogens is 1. The average molecular weight is 708 g/mol. The summed E-state index contributed by atoms with van der Waals surface area (Å²) >= 11 is 3.10. The average Bonchev–Trinajstić information content (AvgIpc) is 3.89. The molecular weight excluding hydrogens is 679 g/mol. The highest BCUT2D eigenvalue weighted by Crippen LogP contribution is 2.40. The topological polar surface area (TPSA) is 124 Å². The van der Waals surface area contributed by atoms with Gasteiger partial charge in [0.2, 0.25) is 0 Å². The molecule has 4 aromatic carbocycles. The fourth-order valence-electron chi connectivity index (χ4n) is 6.12. The predicted octanol–water partition coefficient (Wildman–Crippen LogP) is 9.02. The van der Waals surface area contributed by atoms with E-state index < -0.39 is 24.4 Å². The van der Waals surface area contributed by atoms with Gasteiger partial charge in [-0.15, -0.1) is 22.7 Å². The monoisotopic (exact) mass is 707 g/mol. The Morgan fingerprint density at radius 1 is 0.725 bits per heavy atom. The Kier molecular flexibility index (Phi) is 9.31. The summed E-state index contributed by atoms with van der Waals surface area (Å²) in [6, 6.07) is 41.3. The van der Waals surface area contributed by atoms with Gasteiger partial charge in [-0.2, -0.15) is 5.26 Å². The summed E-state index contributed by atoms with van der Waals surface area (Å²) in [4.78, 5) is 41.1. The van der Waals surface area contributed by atoms with E-state index in [4.69, 9.17) is 5.11 Å². The number of carboxylic acid groups (broad SMARTS) is 2. The van der Waals surface area contributed by atoms with Crippen LogP contribution in [0.4, 0.5) is 0 Å². The summed E-state index contributed by atoms with van der Waals surface area (Å²) in [6.07, 6.45) is 1.48. The lowest BCUT2D eigenvalue weighted by Gasteiger charge is -2.20. The van der Waals surface area contributed by atoms with E-state index in [1.807, 2.05) is 24.3 Å². The van der Waals surface area contributed by atoms with Crippen LogP contribution in [0.15, 0.2) is 127 Å². The van der Waals surface area contributed by atoms with Gasteiger partial charge in [0.05, 0.1) is 5.56 Å². The van der Waals surface area contributed by atoms with Crippen LogP contribution in [-0.2, 0) is 22.7 Å². The lowest BCUT2D eigenvalue weighted by atomic mass is 10.1. The molecule has 0 saturated heterocycles. The first-order chi connectivity index (χ1) is 24.8. The summed E-state index contributed by atoms with van der Waals surface area (Å²) in [7, 11) is 0. The van der Waals surface area contributed by atoms with Crippen molar-refractivity contribution in [3.63, 3.8) is 0 Å². The number of aliphatic carboxylic acids is 1. The Bertz CT molecular complexity index is 2500. The molecule has 7 aromatic rings. The Labute approximate surface area is 301 Å². The minimum atomic E-state index is -1.23. The second kappa shape index (κ2) is 14.3. The van der Waals surface area contributed by atoms with Crippen LogP contribution in [0.25, 0.3) is 48.1 Å². The Balaban J connectivity index is 1.13. The zero-order valence-electron chi connectivity index (χ0n) is 27.0. The van der Waals surface area contributed by atoms with E-state index in [0.29, 0.717) is 10.4 Å². The number of fused-ring (bicyclic) bond motifs is 3. The number of carbonyl (C=O) groups excluding carboxylic acids is 1. The largest absolute Gasteiger partial charge is 0.480 e. The second-order valence-electron chi connectivity index (χ2n) is 11.9. The third-order valence-electron chi connectivity index (χ3n) is 8.54. The highest BCUT2D eigenvalue weighted by Gasteiger charge is 2.22. The lowest BCUT2D eigenvalue weighted by molar-refractivity contribution is -0.143. The van der Waals surface area contributed by atoms with Crippen LogP contribution in [0.2, 0.25) is 0 Å². The standard InChI is InChI=1S/C41H29N3O5S2/c42-22-30(40(47)43(25-39(45)46)23-27-10-12-28(13-11-27)41(48)49)20-31-15-17-37(50-31)38-19-18-36(51-38)29-14-16-35-33(21-29)32-8-4-5-9-34(32)44(35)24-26-6-2-1-3-7-26/h1-21H,23-25H2,(H,45,46)(H,48,49). The molecule has 10 heteroatoms. The van der Waals surface area contributed by atoms with Crippen LogP contribution >= 0.6 is 22.7 Å². The maximum absolute atomic E-state index is 13.4. The number of hydrogen-bond donors (Lipinski definition) is 2. The summed E-state index contributed by atoms with van der Waals surface area (Å²) in [5.74, 6) is -3.05. The number of nitrogens with zero attached hydrogens (tertiary/aromatic N) is 3. The molecule has 0 fully saturated rings. The van der Waals surface area contributed by atoms with Gasteiger partial charge in [-0.3, -0.25) is 9.59 Å². The highest BCUT2D eigenvalue weighted by atomic mass is 32.1. The third kappa shape index (κ3) is 7.07. The second-order valence-corrected chi connectivity index (χ2v) is 14.1. The molecule has 0 radical (unpaired) electrons. The van der Waals surface area contributed by atoms with E-state index in [-0.39, 0.29) is 17.7 Å². The van der Waals surface area contributed by atoms with E-state index in [2.05, 4.69) is 83.4 Å². The minimum absolute atomic E-state index is 0.0720. The molecule has 3 aromatic heterocycles. The Hall–Kier alpha value is -6.28. The van der Waals surface area contributed by atoms with Gasteiger partial charge in [-0.1, -0.05) is 66.7 Å². The number of benzene rings is 4. The molecule has 1 amide bonds. The molecule has 3 heterocycles. The SMILES string of the molecule is N#CC(=Cc1ccc(-c2ccc(-c3ccc4c(c3)c3ccccc3n4Cc3ccccc3)s2)s1)C(=O)N(CC(=O)O)Cc1ccc(C(=O)O)cc1. The Morgan fingerprint density at radius 2 is 1.41 bits per heavy atom. The smallest absolute Gasteiger partial charge is 0.335 e. The van der Waals surface area contributed by atoms with E-state index in [0.717, 1.165) is 31.6 Å². The minimum Gasteiger partial charge on any atom is -0.480 e. The van der Waals surface area contributed by atoms with Crippen molar-refractivity contribution in [1.82, 2.24) is 9.47 Å². The number of carbonyl (C=O) groups is 3. The van der Waals surface area contributed by atoms with Gasteiger partial charge in [-0.25, -0.2) is 4.79 Å². The number of amides is 1. The summed E-state index contributed by atoms with van der Waals surface area (Å²) in [5, 5.41) is 30.9. The van der Waals surface area contributed by atoms with Gasteiger partial charge in [0, 0.05) is 54.4 Å². The van der Waals surface area contributed by atoms with Gasteiger partial charge >= 0.3 is 11.9 Å². The van der Waals surface area contributed by atoms with Crippen molar-refractivity contribution >= 4 is 68.4 Å². The molecule has 2 N–H and O–H groups in total. The van der Waals surface area contributed by atoms with E-state index >= 15 is 0 Å². The zero-order valence-corrected chi connectivity index (χ0v) is 28.7. The van der Waals surface area contributed by atoms with Gasteiger partial charge in [0.15, 0.2) is 0 Å². The van der Waals surface area contributed by atoms with Crippen molar-refractivity contribution in [1.29, 1.82) is 5.26 Å². The first kappa shape index (κ1) is 33.2. The molecule has 0 unspecified atom stereocenters. The quantitative estimate of drug-likeness (QED) is 0.102. The highest BCUT2D eigenvalue weighted by molar-refractivity contribution is 7.24. The number of aromatic carboxylic acids is 1. The summed E-state index contributed by atoms with van der Waals surface area (Å²) in [6.45, 7) is 0.0597. The number of hydrogen-bond acceptors (Lipinski definition) is 6. The maximum Gasteiger partial charge on any atom is 0.335 e. The van der Waals surface area contributed by atoms with Gasteiger partial charge in [0.1, 0.15) is 18.2 Å². The van der Waals surface area contributed by atoms with Gasteiger partial charge in [-0.05, 0) is 77.4 Å². The number of carboxylic acids is 2. The number of rotatable bonds is 11. The molecule has 0 aliphatic rings. The number of nitriles is 1. The van der Waals surface area contributed by atoms with Crippen LogP contribution in [0.3, 0.4) is 0 Å². The molecular formula is C41H29N3O5S2. The molecule has 7 rings (SSSR count). The molecule has 250 valence electrons. The zero-order chi connectivity index (χ0) is 35.5. The molecule has 0 saturated carbocycles. The van der Waals surface area contributed by atoms with Crippen molar-refractivity contribution in [2.75, 3.05) is 6.54 Å². The van der Waals surface area contributed by atoms with Crippen LogP contribution in [-0.4, -0.2) is 44.1 Å². The lowest BCUT2D eigenvalue weighted by Crippen LogP contribution is -2.35. The van der Waals surface area contributed by atoms with Gasteiger partial charge < -0.3 is 19.7 Å². The molecule has 0 aliphatic heterocycles. The third-order valence-corrected chi connectivity index (χ3v) is 10.9. The molecule has 0 atom stereocenters. The summed E-state index contributed by atoms with van der Waals surface area (Å²) in [5.41, 5.74) is 5.14. The fourth-order valence-corrected chi connectivity index (χ4v) is 8.17. The van der Waals surface area contributed by atoms with Crippen molar-refractivity contribution in [2.24, 2.45) is 0 Å². The van der Waals surface area contributed by atoms with Gasteiger partial charge in [0.25, 0.3) is 5.91 Å². The molecule has 0 bridgehead atoms. The first-order valence-electron chi connectivity index (χ1n) is 16.0. The normalized spacial score (nSPS) is 11.5. The first-order valence-corrected chi connectivity index (χ1v) is 17.6. The fraction of sp³-hybridized carbons (Fsp3) is 0.0732. The van der Waals surface area contributed by atoms with Crippen molar-refractivity contribution in [3.05, 3.63) is 148 Å². The maximum atomic E-state index is 13.4. The van der Waals surface area contributed by atoms with Crippen molar-refractivity contribution < 1.29 is 24.6 Å². The number of thiophene rings is 2. The number of para-hydroxylation sites is 1. The van der Waals surface area contributed by atoms with E-state index in [1.165, 1.54) is 69.0 Å². The predicted molar refractivity (Wildman–Crippen MR) is 202 cm³/mol. The van der Waals surface area contributed by atoms with Crippen LogP contribution < -0.4 is 0 Å². The summed E-state index contributed by atoms with van der Waals surface area (Å²) < 4.78 is 2.37. The van der Waals surface area contributed by atoms with E-state index in [1.54, 1.807) is 11.3 Å².